The van der Waals surface area contributed by atoms with Gasteiger partial charge in [-0.25, -0.2) is 0 Å². The summed E-state index contributed by atoms with van der Waals surface area (Å²) in [5.74, 6) is -2.22. The highest BCUT2D eigenvalue weighted by Crippen LogP contribution is 2.41. The van der Waals surface area contributed by atoms with Gasteiger partial charge in [0.15, 0.2) is 0 Å². The molecule has 0 saturated carbocycles. The van der Waals surface area contributed by atoms with Gasteiger partial charge in [-0.05, 0) is 11.6 Å². The van der Waals surface area contributed by atoms with Crippen LogP contribution in [0.1, 0.15) is 11.1 Å². The van der Waals surface area contributed by atoms with Gasteiger partial charge in [-0.2, -0.15) is 13.2 Å². The molecule has 0 radical (unpaired) electrons. The minimum atomic E-state index is -4.51. The van der Waals surface area contributed by atoms with Crippen molar-refractivity contribution in [1.82, 2.24) is 10.2 Å². The van der Waals surface area contributed by atoms with Gasteiger partial charge in [0.1, 0.15) is 5.41 Å². The third kappa shape index (κ3) is 2.46. The number of nitrogens with one attached hydrogen (secondary N) is 1. The minimum absolute atomic E-state index is 0.0261. The number of benzene rings is 1. The van der Waals surface area contributed by atoms with E-state index in [1.165, 1.54) is 23.1 Å². The molecule has 2 aliphatic rings. The molecule has 23 heavy (non-hydrogen) atoms. The molecule has 2 N–H and O–H groups in total. The first-order valence-electron chi connectivity index (χ1n) is 7.14. The molecule has 2 aliphatic heterocycles. The van der Waals surface area contributed by atoms with Crippen LogP contribution in [-0.2, 0) is 22.3 Å². The van der Waals surface area contributed by atoms with Crippen molar-refractivity contribution in [1.29, 1.82) is 0 Å². The number of carboxylic acids is 1. The van der Waals surface area contributed by atoms with Crippen LogP contribution < -0.4 is 5.32 Å². The Balaban J connectivity index is 1.89. The normalized spacial score (nSPS) is 27.3. The third-order valence-corrected chi connectivity index (χ3v) is 4.65. The molecule has 2 atom stereocenters. The number of amides is 1. The highest BCUT2D eigenvalue weighted by Gasteiger charge is 2.59. The number of rotatable bonds is 3. The molecule has 0 aromatic heterocycles. The quantitative estimate of drug-likeness (QED) is 0.878. The molecule has 2 fully saturated rings. The lowest BCUT2D eigenvalue weighted by molar-refractivity contribution is -0.149. The maximum atomic E-state index is 13.0. The summed E-state index contributed by atoms with van der Waals surface area (Å²) in [7, 11) is 0. The molecule has 0 unspecified atom stereocenters. The Hall–Kier alpha value is -2.09. The highest BCUT2D eigenvalue weighted by atomic mass is 19.4. The fourth-order valence-corrected chi connectivity index (χ4v) is 3.45. The zero-order valence-electron chi connectivity index (χ0n) is 12.1. The lowest BCUT2D eigenvalue weighted by Crippen LogP contribution is -2.40. The van der Waals surface area contributed by atoms with E-state index in [4.69, 9.17) is 0 Å². The lowest BCUT2D eigenvalue weighted by atomic mass is 9.81. The zero-order chi connectivity index (χ0) is 16.8. The smallest absolute Gasteiger partial charge is 0.416 e. The number of halogens is 3. The second-order valence-corrected chi connectivity index (χ2v) is 5.99. The van der Waals surface area contributed by atoms with Gasteiger partial charge in [-0.3, -0.25) is 9.59 Å². The Morgan fingerprint density at radius 2 is 2.09 bits per heavy atom. The molecule has 2 saturated heterocycles. The Kier molecular flexibility index (Phi) is 3.59. The second kappa shape index (κ2) is 5.23. The molecule has 8 heteroatoms. The molecule has 5 nitrogen and oxygen atoms in total. The van der Waals surface area contributed by atoms with Gasteiger partial charge >= 0.3 is 12.1 Å². The van der Waals surface area contributed by atoms with E-state index in [0.29, 0.717) is 0 Å². The van der Waals surface area contributed by atoms with Gasteiger partial charge in [-0.15, -0.1) is 0 Å². The van der Waals surface area contributed by atoms with Gasteiger partial charge in [0.2, 0.25) is 5.91 Å². The number of nitrogens with zero attached hydrogens (tertiary/aromatic N) is 1. The van der Waals surface area contributed by atoms with E-state index < -0.39 is 34.9 Å². The first-order valence-corrected chi connectivity index (χ1v) is 7.14. The van der Waals surface area contributed by atoms with Crippen LogP contribution in [0.25, 0.3) is 0 Å². The monoisotopic (exact) mass is 328 g/mol. The predicted octanol–water partition coefficient (Wildman–Crippen LogP) is 1.34. The Bertz CT molecular complexity index is 662. The van der Waals surface area contributed by atoms with Crippen molar-refractivity contribution in [3.05, 3.63) is 35.4 Å². The van der Waals surface area contributed by atoms with E-state index in [1.54, 1.807) is 0 Å². The summed E-state index contributed by atoms with van der Waals surface area (Å²) in [5, 5.41) is 12.3. The fraction of sp³-hybridized carbons (Fsp3) is 0.467. The summed E-state index contributed by atoms with van der Waals surface area (Å²) in [5.41, 5.74) is -2.07. The average molecular weight is 328 g/mol. The molecule has 1 aromatic carbocycles. The summed E-state index contributed by atoms with van der Waals surface area (Å²) in [6, 6.07) is 5.04. The van der Waals surface area contributed by atoms with Gasteiger partial charge < -0.3 is 15.3 Å². The molecule has 3 rings (SSSR count). The van der Waals surface area contributed by atoms with Crippen molar-refractivity contribution in [2.24, 2.45) is 11.3 Å². The first kappa shape index (κ1) is 15.8. The SMILES string of the molecule is O=C1[C@@H]2CNC[C@]2(C(=O)O)CN1Cc1ccccc1C(F)(F)F. The molecule has 0 aliphatic carbocycles. The molecule has 2 heterocycles. The average Bonchev–Trinajstić information content (AvgIpc) is 2.99. The number of hydrogen-bond acceptors (Lipinski definition) is 3. The third-order valence-electron chi connectivity index (χ3n) is 4.65. The van der Waals surface area contributed by atoms with Crippen LogP contribution in [0.2, 0.25) is 0 Å². The second-order valence-electron chi connectivity index (χ2n) is 5.99. The van der Waals surface area contributed by atoms with E-state index in [2.05, 4.69) is 5.32 Å². The minimum Gasteiger partial charge on any atom is -0.481 e. The number of carbonyl (C=O) groups excluding carboxylic acids is 1. The molecule has 1 aromatic rings. The van der Waals surface area contributed by atoms with E-state index in [-0.39, 0.29) is 31.7 Å². The van der Waals surface area contributed by atoms with Crippen molar-refractivity contribution in [3.63, 3.8) is 0 Å². The molecular formula is C15H15F3N2O3. The number of alkyl halides is 3. The van der Waals surface area contributed by atoms with Crippen LogP contribution in [0, 0.1) is 11.3 Å². The van der Waals surface area contributed by atoms with Crippen molar-refractivity contribution in [2.45, 2.75) is 12.7 Å². The largest absolute Gasteiger partial charge is 0.481 e. The van der Waals surface area contributed by atoms with Crippen LogP contribution in [0.3, 0.4) is 0 Å². The maximum Gasteiger partial charge on any atom is 0.416 e. The van der Waals surface area contributed by atoms with Crippen molar-refractivity contribution >= 4 is 11.9 Å². The number of carboxylic acid groups (broad SMARTS) is 1. The lowest BCUT2D eigenvalue weighted by Gasteiger charge is -2.23. The van der Waals surface area contributed by atoms with E-state index in [9.17, 15) is 27.9 Å². The Morgan fingerprint density at radius 3 is 2.70 bits per heavy atom. The van der Waals surface area contributed by atoms with E-state index in [0.717, 1.165) is 6.07 Å². The van der Waals surface area contributed by atoms with Crippen LogP contribution in [0.5, 0.6) is 0 Å². The number of aliphatic carboxylic acids is 1. The standard InChI is InChI=1S/C15H15F3N2O3/c16-15(17,18)10-4-2-1-3-9(10)6-20-8-14(13(22)23)7-19-5-11(14)12(20)21/h1-4,11,19H,5-8H2,(H,22,23)/t11-,14-/m0/s1. The number of carbonyl (C=O) groups is 2. The number of hydrogen-bond donors (Lipinski definition) is 2. The summed E-state index contributed by atoms with van der Waals surface area (Å²) in [4.78, 5) is 25.2. The molecule has 1 amide bonds. The van der Waals surface area contributed by atoms with E-state index >= 15 is 0 Å². The number of fused-ring (bicyclic) bond motifs is 1. The first-order chi connectivity index (χ1) is 10.8. The predicted molar refractivity (Wildman–Crippen MR) is 73.3 cm³/mol. The summed E-state index contributed by atoms with van der Waals surface area (Å²) < 4.78 is 39.1. The summed E-state index contributed by atoms with van der Waals surface area (Å²) >= 11 is 0. The van der Waals surface area contributed by atoms with Gasteiger partial charge in [-0.1, -0.05) is 18.2 Å². The van der Waals surface area contributed by atoms with Crippen LogP contribution >= 0.6 is 0 Å². The van der Waals surface area contributed by atoms with E-state index in [1.807, 2.05) is 0 Å². The molecule has 0 bridgehead atoms. The fourth-order valence-electron chi connectivity index (χ4n) is 3.45. The van der Waals surface area contributed by atoms with Gasteiger partial charge in [0.25, 0.3) is 0 Å². The van der Waals surface area contributed by atoms with Crippen molar-refractivity contribution in [3.8, 4) is 0 Å². The van der Waals surface area contributed by atoms with Crippen LogP contribution in [0.15, 0.2) is 24.3 Å². The van der Waals surface area contributed by atoms with Crippen LogP contribution in [-0.4, -0.2) is 41.5 Å². The molecular weight excluding hydrogens is 313 g/mol. The Morgan fingerprint density at radius 1 is 1.39 bits per heavy atom. The zero-order valence-corrected chi connectivity index (χ0v) is 12.1. The van der Waals surface area contributed by atoms with Crippen molar-refractivity contribution < 1.29 is 27.9 Å². The van der Waals surface area contributed by atoms with Crippen LogP contribution in [0.4, 0.5) is 13.2 Å². The molecule has 0 spiro atoms. The molecule has 124 valence electrons. The van der Waals surface area contributed by atoms with Gasteiger partial charge in [0.05, 0.1) is 11.5 Å². The highest BCUT2D eigenvalue weighted by molar-refractivity contribution is 5.92. The van der Waals surface area contributed by atoms with Crippen molar-refractivity contribution in [2.75, 3.05) is 19.6 Å². The Labute approximate surface area is 130 Å². The van der Waals surface area contributed by atoms with Gasteiger partial charge in [0, 0.05) is 26.2 Å². The summed E-state index contributed by atoms with van der Waals surface area (Å²) in [6.45, 7) is 0.0732. The summed E-state index contributed by atoms with van der Waals surface area (Å²) in [6.07, 6.45) is -4.51. The maximum absolute atomic E-state index is 13.0. The number of likely N-dealkylation sites (tertiary alicyclic amines) is 1. The topological polar surface area (TPSA) is 69.6 Å².